The van der Waals surface area contributed by atoms with Crippen LogP contribution in [0, 0.1) is 12.8 Å². The highest BCUT2D eigenvalue weighted by atomic mass is 16.3. The van der Waals surface area contributed by atoms with Crippen LogP contribution in [-0.2, 0) is 5.60 Å². The van der Waals surface area contributed by atoms with E-state index in [2.05, 4.69) is 31.3 Å². The largest absolute Gasteiger partial charge is 0.385 e. The Morgan fingerprint density at radius 1 is 1.44 bits per heavy atom. The zero-order chi connectivity index (χ0) is 11.6. The molecule has 0 radical (unpaired) electrons. The Hall–Kier alpha value is -0.860. The van der Waals surface area contributed by atoms with Gasteiger partial charge in [0.15, 0.2) is 0 Å². The lowest BCUT2D eigenvalue weighted by molar-refractivity contribution is -0.0483. The van der Waals surface area contributed by atoms with Gasteiger partial charge in [0.25, 0.3) is 0 Å². The number of hydrogen-bond acceptors (Lipinski definition) is 2. The Morgan fingerprint density at radius 2 is 2.19 bits per heavy atom. The topological polar surface area (TPSA) is 32.3 Å². The predicted molar refractivity (Wildman–Crippen MR) is 66.3 cm³/mol. The molecule has 2 N–H and O–H groups in total. The fourth-order valence-corrected chi connectivity index (χ4v) is 2.82. The summed E-state index contributed by atoms with van der Waals surface area (Å²) >= 11 is 0. The normalized spacial score (nSPS) is 30.3. The molecule has 0 amide bonds. The van der Waals surface area contributed by atoms with E-state index in [4.69, 9.17) is 0 Å². The molecule has 2 unspecified atom stereocenters. The van der Waals surface area contributed by atoms with Crippen LogP contribution in [0.25, 0.3) is 0 Å². The lowest BCUT2D eigenvalue weighted by Gasteiger charge is -2.41. The number of piperidine rings is 1. The van der Waals surface area contributed by atoms with Crippen LogP contribution in [0.1, 0.15) is 30.9 Å². The number of nitrogens with one attached hydrogen (secondary N) is 1. The van der Waals surface area contributed by atoms with Crippen molar-refractivity contribution >= 4 is 0 Å². The van der Waals surface area contributed by atoms with Crippen molar-refractivity contribution in [2.75, 3.05) is 13.1 Å². The first-order valence-electron chi connectivity index (χ1n) is 6.17. The average Bonchev–Trinajstić information content (AvgIpc) is 2.30. The van der Waals surface area contributed by atoms with E-state index in [9.17, 15) is 5.11 Å². The third-order valence-electron chi connectivity index (χ3n) is 3.85. The summed E-state index contributed by atoms with van der Waals surface area (Å²) in [6.45, 7) is 6.06. The van der Waals surface area contributed by atoms with Crippen LogP contribution in [0.5, 0.6) is 0 Å². The second-order valence-electron chi connectivity index (χ2n) is 4.80. The first-order chi connectivity index (χ1) is 7.68. The molecule has 0 saturated carbocycles. The van der Waals surface area contributed by atoms with E-state index in [0.29, 0.717) is 5.92 Å². The summed E-state index contributed by atoms with van der Waals surface area (Å²) in [6, 6.07) is 8.21. The highest BCUT2D eigenvalue weighted by Gasteiger charge is 2.39. The molecule has 0 spiro atoms. The smallest absolute Gasteiger partial charge is 0.0951 e. The van der Waals surface area contributed by atoms with Gasteiger partial charge < -0.3 is 10.4 Å². The maximum absolute atomic E-state index is 10.9. The van der Waals surface area contributed by atoms with Gasteiger partial charge in [0.2, 0.25) is 0 Å². The maximum Gasteiger partial charge on any atom is 0.0951 e. The zero-order valence-corrected chi connectivity index (χ0v) is 10.2. The average molecular weight is 219 g/mol. The standard InChI is InChI=1S/C14H21NO/c1-3-12-10-15-9-8-14(12,16)13-7-5-4-6-11(13)2/h4-7,12,15-16H,3,8-10H2,1-2H3. The Balaban J connectivity index is 2.39. The SMILES string of the molecule is CCC1CNCCC1(O)c1ccccc1C. The molecule has 2 atom stereocenters. The molecule has 0 aliphatic carbocycles. The first kappa shape index (κ1) is 11.6. The number of aliphatic hydroxyl groups is 1. The molecule has 88 valence electrons. The second kappa shape index (κ2) is 4.56. The quantitative estimate of drug-likeness (QED) is 0.799. The van der Waals surface area contributed by atoms with E-state index in [1.807, 2.05) is 12.1 Å². The van der Waals surface area contributed by atoms with Gasteiger partial charge in [-0.2, -0.15) is 0 Å². The molecule has 2 nitrogen and oxygen atoms in total. The van der Waals surface area contributed by atoms with E-state index < -0.39 is 5.60 Å². The molecule has 0 bridgehead atoms. The molecule has 1 heterocycles. The number of benzene rings is 1. The van der Waals surface area contributed by atoms with Crippen molar-refractivity contribution in [3.63, 3.8) is 0 Å². The number of rotatable bonds is 2. The van der Waals surface area contributed by atoms with E-state index in [1.54, 1.807) is 0 Å². The molecule has 2 rings (SSSR count). The molecule has 1 aliphatic heterocycles. The van der Waals surface area contributed by atoms with Gasteiger partial charge in [-0.3, -0.25) is 0 Å². The van der Waals surface area contributed by atoms with Crippen molar-refractivity contribution in [1.82, 2.24) is 5.32 Å². The molecular weight excluding hydrogens is 198 g/mol. The lowest BCUT2D eigenvalue weighted by atomic mass is 9.74. The van der Waals surface area contributed by atoms with Gasteiger partial charge in [-0.15, -0.1) is 0 Å². The maximum atomic E-state index is 10.9. The summed E-state index contributed by atoms with van der Waals surface area (Å²) in [5.41, 5.74) is 1.68. The fraction of sp³-hybridized carbons (Fsp3) is 0.571. The summed E-state index contributed by atoms with van der Waals surface area (Å²) in [5.74, 6) is 0.322. The van der Waals surface area contributed by atoms with Crippen LogP contribution >= 0.6 is 0 Å². The highest BCUT2D eigenvalue weighted by Crippen LogP contribution is 2.38. The van der Waals surface area contributed by atoms with Crippen LogP contribution in [0.3, 0.4) is 0 Å². The fourth-order valence-electron chi connectivity index (χ4n) is 2.82. The molecule has 2 heteroatoms. The molecule has 1 fully saturated rings. The summed E-state index contributed by atoms with van der Waals surface area (Å²) < 4.78 is 0. The predicted octanol–water partition coefficient (Wildman–Crippen LogP) is 2.20. The minimum Gasteiger partial charge on any atom is -0.385 e. The number of hydrogen-bond donors (Lipinski definition) is 2. The van der Waals surface area contributed by atoms with Gasteiger partial charge in [0, 0.05) is 12.5 Å². The summed E-state index contributed by atoms with van der Waals surface area (Å²) in [6.07, 6.45) is 1.83. The van der Waals surface area contributed by atoms with Gasteiger partial charge in [0.1, 0.15) is 0 Å². The zero-order valence-electron chi connectivity index (χ0n) is 10.2. The van der Waals surface area contributed by atoms with E-state index in [0.717, 1.165) is 31.5 Å². The third-order valence-corrected chi connectivity index (χ3v) is 3.85. The van der Waals surface area contributed by atoms with Crippen molar-refractivity contribution in [3.05, 3.63) is 35.4 Å². The Morgan fingerprint density at radius 3 is 2.88 bits per heavy atom. The van der Waals surface area contributed by atoms with E-state index in [-0.39, 0.29) is 0 Å². The van der Waals surface area contributed by atoms with Crippen molar-refractivity contribution in [3.8, 4) is 0 Å². The van der Waals surface area contributed by atoms with Gasteiger partial charge in [-0.25, -0.2) is 0 Å². The van der Waals surface area contributed by atoms with Gasteiger partial charge in [-0.1, -0.05) is 31.2 Å². The molecule has 16 heavy (non-hydrogen) atoms. The summed E-state index contributed by atoms with van der Waals surface area (Å²) in [4.78, 5) is 0. The Kier molecular flexibility index (Phi) is 3.31. The molecule has 1 saturated heterocycles. The summed E-state index contributed by atoms with van der Waals surface area (Å²) in [5, 5.41) is 14.3. The first-order valence-corrected chi connectivity index (χ1v) is 6.17. The third kappa shape index (κ3) is 1.87. The molecule has 0 aromatic heterocycles. The number of aryl methyl sites for hydroxylation is 1. The molecule has 1 aliphatic rings. The van der Waals surface area contributed by atoms with Crippen LogP contribution in [0.15, 0.2) is 24.3 Å². The second-order valence-corrected chi connectivity index (χ2v) is 4.80. The summed E-state index contributed by atoms with van der Waals surface area (Å²) in [7, 11) is 0. The molecule has 1 aromatic rings. The van der Waals surface area contributed by atoms with E-state index in [1.165, 1.54) is 5.56 Å². The van der Waals surface area contributed by atoms with Crippen LogP contribution < -0.4 is 5.32 Å². The lowest BCUT2D eigenvalue weighted by Crippen LogP contribution is -2.48. The van der Waals surface area contributed by atoms with Gasteiger partial charge in [0.05, 0.1) is 5.60 Å². The highest BCUT2D eigenvalue weighted by molar-refractivity contribution is 5.32. The van der Waals surface area contributed by atoms with Crippen molar-refractivity contribution in [1.29, 1.82) is 0 Å². The van der Waals surface area contributed by atoms with Crippen LogP contribution in [-0.4, -0.2) is 18.2 Å². The minimum atomic E-state index is -0.634. The van der Waals surface area contributed by atoms with Crippen LogP contribution in [0.4, 0.5) is 0 Å². The van der Waals surface area contributed by atoms with E-state index >= 15 is 0 Å². The monoisotopic (exact) mass is 219 g/mol. The minimum absolute atomic E-state index is 0.322. The molecule has 1 aromatic carbocycles. The van der Waals surface area contributed by atoms with Gasteiger partial charge >= 0.3 is 0 Å². The molecular formula is C14H21NO. The van der Waals surface area contributed by atoms with Crippen molar-refractivity contribution in [2.45, 2.75) is 32.3 Å². The van der Waals surface area contributed by atoms with Crippen LogP contribution in [0.2, 0.25) is 0 Å². The van der Waals surface area contributed by atoms with Crippen molar-refractivity contribution < 1.29 is 5.11 Å². The Labute approximate surface area is 97.7 Å². The van der Waals surface area contributed by atoms with Gasteiger partial charge in [-0.05, 0) is 37.4 Å². The van der Waals surface area contributed by atoms with Crippen molar-refractivity contribution in [2.24, 2.45) is 5.92 Å². The Bertz CT molecular complexity index is 364.